The van der Waals surface area contributed by atoms with Crippen molar-refractivity contribution in [3.63, 3.8) is 0 Å². The van der Waals surface area contributed by atoms with Crippen molar-refractivity contribution in [3.05, 3.63) is 16.7 Å². The van der Waals surface area contributed by atoms with Crippen LogP contribution in [-0.2, 0) is 0 Å². The van der Waals surface area contributed by atoms with Crippen LogP contribution in [0.1, 0.15) is 0 Å². The van der Waals surface area contributed by atoms with E-state index in [2.05, 4.69) is 15.0 Å². The number of imidazole rings is 1. The number of hydrogen-bond donors (Lipinski definition) is 2. The molecule has 3 N–H and O–H groups in total. The molecule has 0 aliphatic carbocycles. The Labute approximate surface area is 69.9 Å². The van der Waals surface area contributed by atoms with E-state index in [1.165, 1.54) is 10.6 Å². The standard InChI is InChI=1S/C5H7N5OSi/c6-5-9-3-2(7-1-8-3)4(11)10(5)12/h1H,12H3,(H2,6,9)(H,7,8). The van der Waals surface area contributed by atoms with Crippen molar-refractivity contribution in [2.45, 2.75) is 0 Å². The zero-order valence-electron chi connectivity index (χ0n) is 6.40. The first-order valence-corrected chi connectivity index (χ1v) is 4.25. The van der Waals surface area contributed by atoms with Gasteiger partial charge in [-0.25, -0.2) is 4.98 Å². The maximum absolute atomic E-state index is 11.4. The lowest BCUT2D eigenvalue weighted by Gasteiger charge is -1.99. The Balaban J connectivity index is 3.05. The lowest BCUT2D eigenvalue weighted by atomic mass is 10.5. The zero-order valence-corrected chi connectivity index (χ0v) is 8.40. The molecule has 0 saturated carbocycles. The molecule has 12 heavy (non-hydrogen) atoms. The lowest BCUT2D eigenvalue weighted by Crippen LogP contribution is -2.22. The molecule has 2 heterocycles. The number of nitrogens with two attached hydrogens (primary N) is 1. The van der Waals surface area contributed by atoms with Gasteiger partial charge in [0.1, 0.15) is 10.4 Å². The van der Waals surface area contributed by atoms with E-state index in [1.54, 1.807) is 0 Å². The number of fused-ring (bicyclic) bond motifs is 1. The molecule has 0 aliphatic heterocycles. The summed E-state index contributed by atoms with van der Waals surface area (Å²) < 4.78 is 1.40. The molecular formula is C5H7N5OSi. The van der Waals surface area contributed by atoms with Crippen LogP contribution < -0.4 is 11.3 Å². The minimum Gasteiger partial charge on any atom is -0.370 e. The molecule has 2 rings (SSSR count). The van der Waals surface area contributed by atoms with Gasteiger partial charge in [0, 0.05) is 0 Å². The van der Waals surface area contributed by atoms with Crippen LogP contribution in [0.2, 0.25) is 0 Å². The van der Waals surface area contributed by atoms with Crippen molar-refractivity contribution in [1.82, 2.24) is 19.2 Å². The molecule has 0 aromatic carbocycles. The van der Waals surface area contributed by atoms with Gasteiger partial charge in [-0.2, -0.15) is 4.98 Å². The van der Waals surface area contributed by atoms with Gasteiger partial charge in [-0.1, -0.05) is 0 Å². The monoisotopic (exact) mass is 181 g/mol. The van der Waals surface area contributed by atoms with Crippen LogP contribution in [0.25, 0.3) is 11.2 Å². The van der Waals surface area contributed by atoms with E-state index >= 15 is 0 Å². The Morgan fingerprint density at radius 2 is 2.42 bits per heavy atom. The lowest BCUT2D eigenvalue weighted by molar-refractivity contribution is 1.09. The van der Waals surface area contributed by atoms with Crippen LogP contribution in [0.15, 0.2) is 11.1 Å². The molecule has 0 amide bonds. The van der Waals surface area contributed by atoms with Crippen LogP contribution >= 0.6 is 0 Å². The Hall–Kier alpha value is -1.63. The molecular weight excluding hydrogens is 174 g/mol. The number of anilines is 1. The number of hydrogen-bond acceptors (Lipinski definition) is 4. The minimum atomic E-state index is -0.151. The van der Waals surface area contributed by atoms with E-state index in [4.69, 9.17) is 5.73 Å². The molecule has 62 valence electrons. The molecule has 6 nitrogen and oxygen atoms in total. The highest BCUT2D eigenvalue weighted by Gasteiger charge is 2.05. The summed E-state index contributed by atoms with van der Waals surface area (Å²) in [5.41, 5.74) is 6.12. The normalized spacial score (nSPS) is 11.0. The first-order chi connectivity index (χ1) is 5.70. The molecule has 2 aromatic heterocycles. The maximum Gasteiger partial charge on any atom is 0.272 e. The second-order valence-corrected chi connectivity index (χ2v) is 3.33. The van der Waals surface area contributed by atoms with Crippen LogP contribution in [0.4, 0.5) is 5.95 Å². The third kappa shape index (κ3) is 0.765. The molecule has 7 heteroatoms. The van der Waals surface area contributed by atoms with Crippen molar-refractivity contribution in [2.24, 2.45) is 0 Å². The molecule has 2 aromatic rings. The topological polar surface area (TPSA) is 89.6 Å². The van der Waals surface area contributed by atoms with Gasteiger partial charge in [0.05, 0.1) is 6.33 Å². The van der Waals surface area contributed by atoms with Gasteiger partial charge in [0.2, 0.25) is 0 Å². The summed E-state index contributed by atoms with van der Waals surface area (Å²) >= 11 is 0. The Morgan fingerprint density at radius 3 is 3.17 bits per heavy atom. The highest BCUT2D eigenvalue weighted by molar-refractivity contribution is 6.08. The van der Waals surface area contributed by atoms with Crippen molar-refractivity contribution in [3.8, 4) is 0 Å². The van der Waals surface area contributed by atoms with Gasteiger partial charge in [0.15, 0.2) is 17.1 Å². The predicted molar refractivity (Wildman–Crippen MR) is 47.9 cm³/mol. The van der Waals surface area contributed by atoms with Crippen LogP contribution in [0.3, 0.4) is 0 Å². The molecule has 0 bridgehead atoms. The van der Waals surface area contributed by atoms with Gasteiger partial charge < -0.3 is 15.0 Å². The summed E-state index contributed by atoms with van der Waals surface area (Å²) in [6.07, 6.45) is 1.43. The third-order valence-electron chi connectivity index (χ3n) is 1.70. The number of rotatable bonds is 0. The van der Waals surface area contributed by atoms with E-state index in [9.17, 15) is 4.79 Å². The minimum absolute atomic E-state index is 0.151. The van der Waals surface area contributed by atoms with Crippen molar-refractivity contribution < 1.29 is 0 Å². The van der Waals surface area contributed by atoms with Crippen LogP contribution in [-0.4, -0.2) is 29.6 Å². The van der Waals surface area contributed by atoms with E-state index < -0.39 is 0 Å². The summed E-state index contributed by atoms with van der Waals surface area (Å²) in [4.78, 5) is 21.9. The highest BCUT2D eigenvalue weighted by Crippen LogP contribution is 2.00. The van der Waals surface area contributed by atoms with Crippen molar-refractivity contribution in [1.29, 1.82) is 0 Å². The zero-order chi connectivity index (χ0) is 8.72. The largest absolute Gasteiger partial charge is 0.370 e. The van der Waals surface area contributed by atoms with Crippen molar-refractivity contribution in [2.75, 3.05) is 5.73 Å². The number of nitrogens with zero attached hydrogens (tertiary/aromatic N) is 3. The third-order valence-corrected chi connectivity index (χ3v) is 2.57. The van der Waals surface area contributed by atoms with Crippen LogP contribution in [0, 0.1) is 0 Å². The Kier molecular flexibility index (Phi) is 1.28. The SMILES string of the molecule is Nc1nc2nc[nH]c2c(=O)n1[SiH3]. The summed E-state index contributed by atoms with van der Waals surface area (Å²) in [7, 11) is 0.528. The Bertz CT molecular complexity index is 486. The highest BCUT2D eigenvalue weighted by atomic mass is 28.2. The van der Waals surface area contributed by atoms with Gasteiger partial charge in [-0.15, -0.1) is 0 Å². The quantitative estimate of drug-likeness (QED) is 0.453. The fourth-order valence-corrected chi connectivity index (χ4v) is 1.31. The number of aromatic amines is 1. The number of nitrogens with one attached hydrogen (secondary N) is 1. The van der Waals surface area contributed by atoms with Crippen molar-refractivity contribution >= 4 is 27.5 Å². The molecule has 0 aliphatic rings. The first kappa shape index (κ1) is 7.04. The average molecular weight is 181 g/mol. The van der Waals surface area contributed by atoms with Gasteiger partial charge in [-0.3, -0.25) is 4.79 Å². The molecule has 0 saturated heterocycles. The predicted octanol–water partition coefficient (Wildman–Crippen LogP) is -2.17. The molecule has 0 radical (unpaired) electrons. The summed E-state index contributed by atoms with van der Waals surface area (Å²) in [6.45, 7) is 0. The van der Waals surface area contributed by atoms with E-state index in [1.807, 2.05) is 0 Å². The maximum atomic E-state index is 11.4. The number of nitrogen functional groups attached to an aromatic ring is 1. The molecule has 0 fully saturated rings. The second-order valence-electron chi connectivity index (χ2n) is 2.44. The molecule has 0 unspecified atom stereocenters. The fourth-order valence-electron chi connectivity index (χ4n) is 0.984. The number of aromatic nitrogens is 4. The van der Waals surface area contributed by atoms with Gasteiger partial charge in [0.25, 0.3) is 5.56 Å². The molecule has 0 atom stereocenters. The smallest absolute Gasteiger partial charge is 0.272 e. The van der Waals surface area contributed by atoms with E-state index in [0.29, 0.717) is 21.6 Å². The van der Waals surface area contributed by atoms with E-state index in [0.717, 1.165) is 0 Å². The van der Waals surface area contributed by atoms with E-state index in [-0.39, 0.29) is 11.5 Å². The Morgan fingerprint density at radius 1 is 1.67 bits per heavy atom. The molecule has 0 spiro atoms. The summed E-state index contributed by atoms with van der Waals surface area (Å²) in [5.74, 6) is 0.228. The number of H-pyrrole nitrogens is 1. The first-order valence-electron chi connectivity index (χ1n) is 3.35. The van der Waals surface area contributed by atoms with Crippen LogP contribution in [0.5, 0.6) is 0 Å². The second kappa shape index (κ2) is 2.17. The van der Waals surface area contributed by atoms with Gasteiger partial charge in [-0.05, 0) is 0 Å². The summed E-state index contributed by atoms with van der Waals surface area (Å²) in [6, 6.07) is 0. The average Bonchev–Trinajstić information content (AvgIpc) is 2.48. The summed E-state index contributed by atoms with van der Waals surface area (Å²) in [5, 5.41) is 0. The fraction of sp³-hybridized carbons (Fsp3) is 0. The van der Waals surface area contributed by atoms with Gasteiger partial charge >= 0.3 is 0 Å².